The van der Waals surface area contributed by atoms with Crippen LogP contribution in [0.15, 0.2) is 107 Å². The summed E-state index contributed by atoms with van der Waals surface area (Å²) in [7, 11) is 0. The van der Waals surface area contributed by atoms with E-state index in [-0.39, 0.29) is 0 Å². The normalized spacial score (nSPS) is 20.7. The van der Waals surface area contributed by atoms with E-state index in [2.05, 4.69) is 9.97 Å². The number of fused-ring (bicyclic) bond motifs is 2. The fourth-order valence-corrected chi connectivity index (χ4v) is 8.63. The van der Waals surface area contributed by atoms with Gasteiger partial charge in [0.05, 0.1) is 33.7 Å². The molecule has 3 heterocycles. The smallest absolute Gasteiger partial charge is 0.455 e. The molecule has 2 unspecified atom stereocenters. The summed E-state index contributed by atoms with van der Waals surface area (Å²) in [4.78, 5) is 14.0. The molecule has 2 atom stereocenters. The topological polar surface area (TPSA) is 78.4 Å². The lowest BCUT2D eigenvalue weighted by atomic mass is 10.3. The van der Waals surface area contributed by atoms with E-state index >= 15 is 0 Å². The van der Waals surface area contributed by atoms with Crippen LogP contribution < -0.4 is 9.80 Å². The van der Waals surface area contributed by atoms with E-state index in [0.29, 0.717) is 21.4 Å². The number of rotatable bonds is 2. The first-order chi connectivity index (χ1) is 15.2. The highest BCUT2D eigenvalue weighted by atomic mass is 32.3. The summed E-state index contributed by atoms with van der Waals surface area (Å²) >= 11 is -3.36. The van der Waals surface area contributed by atoms with E-state index in [1.165, 1.54) is 0 Å². The van der Waals surface area contributed by atoms with Gasteiger partial charge in [-0.05, 0) is 36.4 Å². The Morgan fingerprint density at radius 3 is 1.39 bits per heavy atom. The maximum Gasteiger partial charge on any atom is 0.455 e. The minimum atomic E-state index is -1.68. The highest BCUT2D eigenvalue weighted by Crippen LogP contribution is 2.61. The number of hydrogen-bond acceptors (Lipinski definition) is 6. The van der Waals surface area contributed by atoms with Crippen molar-refractivity contribution in [3.05, 3.63) is 97.3 Å². The summed E-state index contributed by atoms with van der Waals surface area (Å²) in [5.74, 6) is 1.04. The van der Waals surface area contributed by atoms with Crippen molar-refractivity contribution in [3.8, 4) is 0 Å². The average Bonchev–Trinajstić information content (AvgIpc) is 3.26. The van der Waals surface area contributed by atoms with Gasteiger partial charge in [0.15, 0.2) is 11.6 Å². The number of para-hydroxylation sites is 2. The Hall–Kier alpha value is -3.04. The SMILES string of the molecule is [O-][S+]1c2ccccc2[S+]([O-])C12N(c1ccccc1)c1nccnc1N2c1ccccc1. The van der Waals surface area contributed by atoms with Crippen molar-refractivity contribution in [2.75, 3.05) is 9.80 Å². The molecule has 1 aromatic heterocycles. The van der Waals surface area contributed by atoms with E-state index in [4.69, 9.17) is 0 Å². The maximum atomic E-state index is 14.2. The summed E-state index contributed by atoms with van der Waals surface area (Å²) in [6, 6.07) is 26.3. The molecule has 2 aliphatic heterocycles. The number of nitrogens with zero attached hydrogens (tertiary/aromatic N) is 4. The third kappa shape index (κ3) is 2.44. The van der Waals surface area contributed by atoms with Crippen LogP contribution in [0.25, 0.3) is 0 Å². The van der Waals surface area contributed by atoms with Crippen molar-refractivity contribution in [1.82, 2.24) is 9.97 Å². The molecule has 0 bridgehead atoms. The van der Waals surface area contributed by atoms with Crippen molar-refractivity contribution in [2.24, 2.45) is 0 Å². The van der Waals surface area contributed by atoms with Crippen molar-refractivity contribution in [3.63, 3.8) is 0 Å². The van der Waals surface area contributed by atoms with E-state index in [1.54, 1.807) is 24.5 Å². The molecule has 0 radical (unpaired) electrons. The van der Waals surface area contributed by atoms with Gasteiger partial charge in [-0.15, -0.1) is 0 Å². The largest absolute Gasteiger partial charge is 0.604 e. The van der Waals surface area contributed by atoms with Crippen LogP contribution in [0.1, 0.15) is 0 Å². The lowest BCUT2D eigenvalue weighted by molar-refractivity contribution is 0.552. The molecule has 152 valence electrons. The van der Waals surface area contributed by atoms with Gasteiger partial charge in [-0.3, -0.25) is 0 Å². The minimum Gasteiger partial charge on any atom is -0.604 e. The zero-order chi connectivity index (χ0) is 21.0. The van der Waals surface area contributed by atoms with Gasteiger partial charge in [0.25, 0.3) is 0 Å². The molecular weight excluding hydrogens is 428 g/mol. The number of anilines is 4. The van der Waals surface area contributed by atoms with Gasteiger partial charge in [-0.1, -0.05) is 48.5 Å². The minimum absolute atomic E-state index is 0.520. The van der Waals surface area contributed by atoms with E-state index < -0.39 is 26.7 Å². The summed E-state index contributed by atoms with van der Waals surface area (Å²) in [6.45, 7) is 0. The molecule has 3 aromatic carbocycles. The Balaban J connectivity index is 1.71. The fourth-order valence-electron chi connectivity index (χ4n) is 4.17. The Morgan fingerprint density at radius 2 is 0.968 bits per heavy atom. The third-order valence-corrected chi connectivity index (χ3v) is 9.65. The molecule has 4 aromatic rings. The molecule has 2 aliphatic rings. The molecule has 0 aliphatic carbocycles. The van der Waals surface area contributed by atoms with E-state index in [1.807, 2.05) is 82.6 Å². The van der Waals surface area contributed by atoms with Gasteiger partial charge in [0.2, 0.25) is 9.79 Å². The second kappa shape index (κ2) is 7.00. The number of hydrogen-bond donors (Lipinski definition) is 0. The zero-order valence-corrected chi connectivity index (χ0v) is 17.8. The molecule has 0 fully saturated rings. The number of aromatic nitrogens is 2. The van der Waals surface area contributed by atoms with Crippen molar-refractivity contribution >= 4 is 45.4 Å². The van der Waals surface area contributed by atoms with Gasteiger partial charge in [0, 0.05) is 12.4 Å². The predicted octanol–water partition coefficient (Wildman–Crippen LogP) is 4.31. The highest BCUT2D eigenvalue weighted by Gasteiger charge is 2.76. The molecule has 0 saturated carbocycles. The summed E-state index contributed by atoms with van der Waals surface area (Å²) < 4.78 is 27.0. The van der Waals surface area contributed by atoms with Crippen molar-refractivity contribution < 1.29 is 9.11 Å². The predicted molar refractivity (Wildman–Crippen MR) is 121 cm³/mol. The third-order valence-electron chi connectivity index (χ3n) is 5.41. The number of benzene rings is 3. The van der Waals surface area contributed by atoms with Crippen LogP contribution in [-0.2, 0) is 22.4 Å². The van der Waals surface area contributed by atoms with Crippen LogP contribution in [0.3, 0.4) is 0 Å². The lowest BCUT2D eigenvalue weighted by Crippen LogP contribution is -2.61. The molecule has 6 rings (SSSR count). The Labute approximate surface area is 185 Å². The Morgan fingerprint density at radius 1 is 0.581 bits per heavy atom. The molecule has 0 amide bonds. The van der Waals surface area contributed by atoms with E-state index in [9.17, 15) is 9.11 Å². The van der Waals surface area contributed by atoms with Gasteiger partial charge in [-0.25, -0.2) is 19.8 Å². The molecule has 0 saturated heterocycles. The summed E-state index contributed by atoms with van der Waals surface area (Å²) in [5, 5.41) is 0. The van der Waals surface area contributed by atoms with Crippen LogP contribution in [-0.4, -0.2) is 23.4 Å². The van der Waals surface area contributed by atoms with Crippen LogP contribution >= 0.6 is 0 Å². The quantitative estimate of drug-likeness (QED) is 0.429. The Kier molecular flexibility index (Phi) is 4.22. The fraction of sp³-hybridized carbons (Fsp3) is 0.0435. The first kappa shape index (κ1) is 18.7. The summed E-state index contributed by atoms with van der Waals surface area (Å²) in [5.41, 5.74) is 1.49. The molecular formula is C23H16N4O2S2. The standard InChI is InChI=1S/C23H16N4O2S2/c28-30-19-13-7-8-14-20(19)31(29)23(30)26(17-9-3-1-4-10-17)21-22(25-16-15-24-21)27(23)18-11-5-2-6-12-18/h1-16H. The van der Waals surface area contributed by atoms with Crippen LogP contribution in [0.5, 0.6) is 0 Å². The van der Waals surface area contributed by atoms with Gasteiger partial charge in [0.1, 0.15) is 0 Å². The van der Waals surface area contributed by atoms with Crippen LogP contribution in [0.2, 0.25) is 0 Å². The lowest BCUT2D eigenvalue weighted by Gasteiger charge is -2.38. The molecule has 0 N–H and O–H groups in total. The first-order valence-electron chi connectivity index (χ1n) is 9.69. The van der Waals surface area contributed by atoms with Gasteiger partial charge < -0.3 is 9.11 Å². The maximum absolute atomic E-state index is 14.2. The summed E-state index contributed by atoms with van der Waals surface area (Å²) in [6.07, 6.45) is 3.20. The molecule has 1 spiro atoms. The highest BCUT2D eigenvalue weighted by molar-refractivity contribution is 8.13. The second-order valence-corrected chi connectivity index (χ2v) is 10.4. The van der Waals surface area contributed by atoms with Crippen molar-refractivity contribution in [1.29, 1.82) is 0 Å². The van der Waals surface area contributed by atoms with Gasteiger partial charge >= 0.3 is 4.33 Å². The molecule has 31 heavy (non-hydrogen) atoms. The van der Waals surface area contributed by atoms with Crippen LogP contribution in [0, 0.1) is 0 Å². The molecule has 6 nitrogen and oxygen atoms in total. The average molecular weight is 445 g/mol. The monoisotopic (exact) mass is 444 g/mol. The Bertz CT molecular complexity index is 1160. The zero-order valence-electron chi connectivity index (χ0n) is 16.2. The van der Waals surface area contributed by atoms with Gasteiger partial charge in [-0.2, -0.15) is 0 Å². The van der Waals surface area contributed by atoms with E-state index in [0.717, 1.165) is 11.4 Å². The first-order valence-corrected chi connectivity index (χ1v) is 12.0. The molecule has 8 heteroatoms. The van der Waals surface area contributed by atoms with Crippen LogP contribution in [0.4, 0.5) is 23.0 Å². The second-order valence-electron chi connectivity index (χ2n) is 7.08. The van der Waals surface area contributed by atoms with Crippen molar-refractivity contribution in [2.45, 2.75) is 14.1 Å².